The van der Waals surface area contributed by atoms with E-state index in [1.807, 2.05) is 6.92 Å². The molecule has 0 spiro atoms. The summed E-state index contributed by atoms with van der Waals surface area (Å²) in [5.41, 5.74) is -0.238. The number of pyridine rings is 1. The van der Waals surface area contributed by atoms with Crippen molar-refractivity contribution in [3.05, 3.63) is 39.9 Å². The van der Waals surface area contributed by atoms with Crippen molar-refractivity contribution in [2.75, 3.05) is 44.8 Å². The van der Waals surface area contributed by atoms with Gasteiger partial charge in [0.15, 0.2) is 0 Å². The molecule has 1 aromatic carbocycles. The largest absolute Gasteiger partial charge is 0.462 e. The first kappa shape index (κ1) is 22.9. The van der Waals surface area contributed by atoms with Crippen LogP contribution in [0.2, 0.25) is 0 Å². The highest BCUT2D eigenvalue weighted by molar-refractivity contribution is 5.94. The molecule has 3 aliphatic rings. The number of aryl methyl sites for hydroxylation is 1. The van der Waals surface area contributed by atoms with Crippen molar-refractivity contribution in [2.24, 2.45) is 10.3 Å². The molecule has 1 saturated carbocycles. The summed E-state index contributed by atoms with van der Waals surface area (Å²) in [5, 5.41) is 10.9. The van der Waals surface area contributed by atoms with Crippen LogP contribution in [0, 0.1) is 5.82 Å². The normalized spacial score (nSPS) is 25.3. The molecule has 3 heterocycles. The Morgan fingerprint density at radius 1 is 1.24 bits per heavy atom. The predicted molar refractivity (Wildman–Crippen MR) is 127 cm³/mol. The van der Waals surface area contributed by atoms with Crippen LogP contribution in [-0.4, -0.2) is 71.9 Å². The molecular formula is C24H31FN6O3. The van der Waals surface area contributed by atoms with Crippen LogP contribution < -0.4 is 10.4 Å². The third-order valence-electron chi connectivity index (χ3n) is 7.47. The Kier molecular flexibility index (Phi) is 5.89. The zero-order chi connectivity index (χ0) is 24.0. The number of benzene rings is 1. The Morgan fingerprint density at radius 2 is 2.00 bits per heavy atom. The number of esters is 1. The number of likely N-dealkylation sites (N-methyl/N-ethyl adjacent to an activating group) is 1. The second-order valence-electron chi connectivity index (χ2n) is 9.29. The number of rotatable bonds is 5. The monoisotopic (exact) mass is 470 g/mol. The third-order valence-corrected chi connectivity index (χ3v) is 7.47. The molecule has 2 aliphatic heterocycles. The molecule has 0 radical (unpaired) electrons. The lowest BCUT2D eigenvalue weighted by atomic mass is 9.99. The second-order valence-corrected chi connectivity index (χ2v) is 9.29. The van der Waals surface area contributed by atoms with E-state index in [9.17, 15) is 9.59 Å². The van der Waals surface area contributed by atoms with E-state index < -0.39 is 22.9 Å². The summed E-state index contributed by atoms with van der Waals surface area (Å²) < 4.78 is 22.5. The first-order valence-electron chi connectivity index (χ1n) is 12.1. The van der Waals surface area contributed by atoms with Crippen molar-refractivity contribution in [2.45, 2.75) is 51.4 Å². The minimum absolute atomic E-state index is 0.00874. The number of anilines is 1. The van der Waals surface area contributed by atoms with Gasteiger partial charge in [0.2, 0.25) is 5.43 Å². The van der Waals surface area contributed by atoms with Gasteiger partial charge in [0.1, 0.15) is 28.8 Å². The summed E-state index contributed by atoms with van der Waals surface area (Å²) in [5.74, 6) is -1.24. The molecule has 0 unspecified atom stereocenters. The van der Waals surface area contributed by atoms with Crippen molar-refractivity contribution < 1.29 is 13.9 Å². The Balaban J connectivity index is 1.63. The van der Waals surface area contributed by atoms with Crippen LogP contribution in [0.1, 0.15) is 43.5 Å². The van der Waals surface area contributed by atoms with Crippen LogP contribution in [0.15, 0.2) is 33.5 Å². The molecule has 2 aromatic rings. The van der Waals surface area contributed by atoms with E-state index in [2.05, 4.69) is 27.2 Å². The fraction of sp³-hybridized carbons (Fsp3) is 0.583. The number of carbonyl (C=O) groups excluding carboxylic acids is 1. The number of hydrogen-bond donors (Lipinski definition) is 0. The third kappa shape index (κ3) is 3.42. The van der Waals surface area contributed by atoms with Crippen molar-refractivity contribution in [3.63, 3.8) is 0 Å². The fourth-order valence-corrected chi connectivity index (χ4v) is 5.67. The Labute approximate surface area is 197 Å². The van der Waals surface area contributed by atoms with Crippen LogP contribution in [0.25, 0.3) is 10.9 Å². The standard InChI is InChI=1S/C24H31FN6O3/c1-4-29-15-17(23(33)34-5-2)22(32)16-13-18(25)20(14-19(16)29)31-24(8-6-7-21(24)26-27-31)30-11-9-28(3)10-12-30/h13-15,21H,4-12H2,1-3H3/t21-,24-/m1/s1. The number of hydrogen-bond acceptors (Lipinski definition) is 8. The van der Waals surface area contributed by atoms with E-state index in [1.165, 1.54) is 12.3 Å². The smallest absolute Gasteiger partial charge is 0.343 e. The van der Waals surface area contributed by atoms with Crippen LogP contribution >= 0.6 is 0 Å². The van der Waals surface area contributed by atoms with Crippen LogP contribution in [0.4, 0.5) is 10.1 Å². The van der Waals surface area contributed by atoms with E-state index in [-0.39, 0.29) is 23.6 Å². The maximum Gasteiger partial charge on any atom is 0.343 e. The van der Waals surface area contributed by atoms with E-state index in [0.717, 1.165) is 45.4 Å². The van der Waals surface area contributed by atoms with Gasteiger partial charge in [-0.2, -0.15) is 5.11 Å². The molecule has 2 fully saturated rings. The molecule has 9 nitrogen and oxygen atoms in total. The SMILES string of the molecule is CCOC(=O)c1cn(CC)c2cc(N3N=N[C@@H]4CCC[C@]43N3CCN(C)CC3)c(F)cc2c1=O. The van der Waals surface area contributed by atoms with E-state index in [1.54, 1.807) is 22.6 Å². The topological polar surface area (TPSA) is 82.7 Å². The van der Waals surface area contributed by atoms with E-state index >= 15 is 4.39 Å². The highest BCUT2D eigenvalue weighted by Gasteiger charge is 2.57. The van der Waals surface area contributed by atoms with Gasteiger partial charge in [-0.15, -0.1) is 0 Å². The van der Waals surface area contributed by atoms with Crippen LogP contribution in [0.3, 0.4) is 0 Å². The molecule has 1 saturated heterocycles. The second kappa shape index (κ2) is 8.74. The number of nitrogens with zero attached hydrogens (tertiary/aromatic N) is 6. The van der Waals surface area contributed by atoms with Gasteiger partial charge in [0.05, 0.1) is 12.1 Å². The molecule has 1 aromatic heterocycles. The first-order chi connectivity index (χ1) is 16.4. The van der Waals surface area contributed by atoms with Gasteiger partial charge in [-0.25, -0.2) is 14.2 Å². The molecular weight excluding hydrogens is 439 g/mol. The Hall–Kier alpha value is -2.85. The molecule has 0 bridgehead atoms. The van der Waals surface area contributed by atoms with Crippen molar-refractivity contribution in [3.8, 4) is 0 Å². The zero-order valence-corrected chi connectivity index (χ0v) is 20.0. The molecule has 34 heavy (non-hydrogen) atoms. The molecule has 182 valence electrons. The number of carbonyl (C=O) groups is 1. The van der Waals surface area contributed by atoms with E-state index in [0.29, 0.717) is 17.7 Å². The van der Waals surface area contributed by atoms with Crippen molar-refractivity contribution in [1.29, 1.82) is 0 Å². The number of halogens is 1. The highest BCUT2D eigenvalue weighted by atomic mass is 19.1. The van der Waals surface area contributed by atoms with Crippen molar-refractivity contribution in [1.82, 2.24) is 14.4 Å². The van der Waals surface area contributed by atoms with Gasteiger partial charge in [0.25, 0.3) is 0 Å². The van der Waals surface area contributed by atoms with Gasteiger partial charge in [0, 0.05) is 44.3 Å². The van der Waals surface area contributed by atoms with Crippen LogP contribution in [0.5, 0.6) is 0 Å². The molecule has 0 N–H and O–H groups in total. The lowest BCUT2D eigenvalue weighted by Gasteiger charge is -2.48. The van der Waals surface area contributed by atoms with Gasteiger partial charge in [-0.05, 0) is 52.3 Å². The highest BCUT2D eigenvalue weighted by Crippen LogP contribution is 2.48. The number of fused-ring (bicyclic) bond motifs is 2. The lowest BCUT2D eigenvalue weighted by molar-refractivity contribution is 0.0410. The van der Waals surface area contributed by atoms with Gasteiger partial charge in [-0.3, -0.25) is 9.69 Å². The Bertz CT molecular complexity index is 1210. The maximum atomic E-state index is 15.7. The first-order valence-corrected chi connectivity index (χ1v) is 12.1. The molecule has 1 aliphatic carbocycles. The molecule has 5 rings (SSSR count). The number of aromatic nitrogens is 1. The molecule has 2 atom stereocenters. The molecule has 10 heteroatoms. The van der Waals surface area contributed by atoms with E-state index in [4.69, 9.17) is 4.74 Å². The van der Waals surface area contributed by atoms with Crippen LogP contribution in [-0.2, 0) is 11.3 Å². The minimum Gasteiger partial charge on any atom is -0.462 e. The lowest BCUT2D eigenvalue weighted by Crippen LogP contribution is -2.64. The average molecular weight is 471 g/mol. The minimum atomic E-state index is -0.697. The fourth-order valence-electron chi connectivity index (χ4n) is 5.67. The summed E-state index contributed by atoms with van der Waals surface area (Å²) in [6, 6.07) is 2.91. The maximum absolute atomic E-state index is 15.7. The predicted octanol–water partition coefficient (Wildman–Crippen LogP) is 3.02. The summed E-state index contributed by atoms with van der Waals surface area (Å²) in [7, 11) is 2.11. The quantitative estimate of drug-likeness (QED) is 0.625. The summed E-state index contributed by atoms with van der Waals surface area (Å²) in [4.78, 5) is 30.1. The van der Waals surface area contributed by atoms with Gasteiger partial charge in [-0.1, -0.05) is 5.22 Å². The van der Waals surface area contributed by atoms with Gasteiger partial charge >= 0.3 is 5.97 Å². The summed E-state index contributed by atoms with van der Waals surface area (Å²) in [6.07, 6.45) is 4.28. The summed E-state index contributed by atoms with van der Waals surface area (Å²) in [6.45, 7) is 7.87. The number of ether oxygens (including phenoxy) is 1. The average Bonchev–Trinajstić information content (AvgIpc) is 3.40. The zero-order valence-electron chi connectivity index (χ0n) is 20.0. The Morgan fingerprint density at radius 3 is 2.71 bits per heavy atom. The molecule has 0 amide bonds. The summed E-state index contributed by atoms with van der Waals surface area (Å²) >= 11 is 0. The van der Waals surface area contributed by atoms with Crippen molar-refractivity contribution >= 4 is 22.6 Å². The van der Waals surface area contributed by atoms with Gasteiger partial charge < -0.3 is 14.2 Å². The number of piperazine rings is 1.